The molecule has 1 unspecified atom stereocenters. The Hall–Kier alpha value is -3.19. The SMILES string of the molecule is CN(C)c1cccc(Nc2cc(-c3ccccc3)nc(C3CCCN([B]C=O)C3)n2)c1. The van der Waals surface area contributed by atoms with Gasteiger partial charge in [-0.1, -0.05) is 36.4 Å². The van der Waals surface area contributed by atoms with Crippen LogP contribution < -0.4 is 10.2 Å². The number of carbonyl (C=O) groups excluding carboxylic acids is 1. The number of anilines is 3. The number of benzene rings is 2. The topological polar surface area (TPSA) is 61.4 Å². The Bertz CT molecular complexity index is 1030. The fourth-order valence-corrected chi connectivity index (χ4v) is 3.92. The lowest BCUT2D eigenvalue weighted by Crippen LogP contribution is -2.38. The third kappa shape index (κ3) is 5.30. The quantitative estimate of drug-likeness (QED) is 0.469. The van der Waals surface area contributed by atoms with E-state index in [4.69, 9.17) is 9.97 Å². The van der Waals surface area contributed by atoms with E-state index in [1.54, 1.807) is 7.41 Å². The largest absolute Gasteiger partial charge is 0.378 e. The zero-order valence-corrected chi connectivity index (χ0v) is 18.0. The highest BCUT2D eigenvalue weighted by atomic mass is 16.1. The summed E-state index contributed by atoms with van der Waals surface area (Å²) >= 11 is 0. The Labute approximate surface area is 184 Å². The van der Waals surface area contributed by atoms with E-state index in [1.807, 2.05) is 50.5 Å². The van der Waals surface area contributed by atoms with Gasteiger partial charge in [-0.25, -0.2) is 9.97 Å². The van der Waals surface area contributed by atoms with Crippen molar-refractivity contribution in [2.45, 2.75) is 18.8 Å². The first-order valence-corrected chi connectivity index (χ1v) is 10.6. The van der Waals surface area contributed by atoms with Crippen LogP contribution in [0, 0.1) is 0 Å². The summed E-state index contributed by atoms with van der Waals surface area (Å²) in [6, 6.07) is 20.4. The maximum atomic E-state index is 10.9. The Morgan fingerprint density at radius 1 is 1.10 bits per heavy atom. The smallest absolute Gasteiger partial charge is 0.293 e. The van der Waals surface area contributed by atoms with Crippen LogP contribution in [-0.4, -0.2) is 55.6 Å². The fourth-order valence-electron chi connectivity index (χ4n) is 3.92. The molecular formula is C24H27BN5O. The van der Waals surface area contributed by atoms with Gasteiger partial charge in [0.1, 0.15) is 11.6 Å². The van der Waals surface area contributed by atoms with Crippen LogP contribution in [0.3, 0.4) is 0 Å². The molecule has 4 rings (SSSR count). The van der Waals surface area contributed by atoms with Crippen LogP contribution in [0.4, 0.5) is 17.2 Å². The van der Waals surface area contributed by atoms with E-state index in [0.717, 1.165) is 66.4 Å². The first-order chi connectivity index (χ1) is 15.1. The highest BCUT2D eigenvalue weighted by Gasteiger charge is 2.24. The molecule has 1 aliphatic heterocycles. The minimum absolute atomic E-state index is 0.183. The van der Waals surface area contributed by atoms with E-state index in [0.29, 0.717) is 0 Å². The normalized spacial score (nSPS) is 16.5. The van der Waals surface area contributed by atoms with Gasteiger partial charge in [0.25, 0.3) is 7.41 Å². The van der Waals surface area contributed by atoms with Crippen molar-refractivity contribution in [1.82, 2.24) is 14.8 Å². The van der Waals surface area contributed by atoms with Gasteiger partial charge >= 0.3 is 0 Å². The lowest BCUT2D eigenvalue weighted by molar-refractivity contribution is 0.320. The third-order valence-corrected chi connectivity index (χ3v) is 5.54. The van der Waals surface area contributed by atoms with E-state index < -0.39 is 0 Å². The summed E-state index contributed by atoms with van der Waals surface area (Å²) in [6.45, 7) is 1.66. The summed E-state index contributed by atoms with van der Waals surface area (Å²) in [5.74, 6) is 1.77. The number of rotatable bonds is 7. The molecule has 1 aliphatic rings. The first kappa shape index (κ1) is 21.1. The molecule has 0 bridgehead atoms. The van der Waals surface area contributed by atoms with Crippen LogP contribution in [0.2, 0.25) is 0 Å². The van der Waals surface area contributed by atoms with E-state index in [9.17, 15) is 4.79 Å². The second kappa shape index (κ2) is 9.75. The summed E-state index contributed by atoms with van der Waals surface area (Å²) < 4.78 is 0. The van der Waals surface area contributed by atoms with Crippen molar-refractivity contribution in [2.75, 3.05) is 37.4 Å². The zero-order valence-electron chi connectivity index (χ0n) is 18.0. The van der Waals surface area contributed by atoms with E-state index in [1.165, 1.54) is 0 Å². The zero-order chi connectivity index (χ0) is 21.6. The summed E-state index contributed by atoms with van der Waals surface area (Å²) in [4.78, 5) is 24.9. The molecule has 31 heavy (non-hydrogen) atoms. The molecule has 6 nitrogen and oxygen atoms in total. The molecule has 1 atom stereocenters. The van der Waals surface area contributed by atoms with Crippen molar-refractivity contribution < 1.29 is 4.79 Å². The maximum absolute atomic E-state index is 10.9. The molecule has 2 heterocycles. The molecule has 0 aliphatic carbocycles. The molecular weight excluding hydrogens is 385 g/mol. The van der Waals surface area contributed by atoms with Gasteiger partial charge in [-0.3, -0.25) is 0 Å². The van der Waals surface area contributed by atoms with Crippen molar-refractivity contribution in [3.8, 4) is 11.3 Å². The monoisotopic (exact) mass is 412 g/mol. The van der Waals surface area contributed by atoms with Crippen molar-refractivity contribution in [1.29, 1.82) is 0 Å². The van der Waals surface area contributed by atoms with E-state index in [-0.39, 0.29) is 5.92 Å². The number of hydrogen-bond acceptors (Lipinski definition) is 6. The minimum Gasteiger partial charge on any atom is -0.378 e. The lowest BCUT2D eigenvalue weighted by Gasteiger charge is -2.30. The van der Waals surface area contributed by atoms with Crippen molar-refractivity contribution in [2.24, 2.45) is 0 Å². The van der Waals surface area contributed by atoms with Crippen LogP contribution in [0.5, 0.6) is 0 Å². The Morgan fingerprint density at radius 2 is 1.94 bits per heavy atom. The average Bonchev–Trinajstić information content (AvgIpc) is 2.80. The van der Waals surface area contributed by atoms with Gasteiger partial charge in [0, 0.05) is 43.0 Å². The number of piperidine rings is 1. The standard InChI is InChI=1S/C24H27BN5O/c1-29(2)21-12-6-11-20(14-21)26-23-15-22(18-8-4-3-5-9-18)27-24(28-23)19-10-7-13-30(16-19)25-17-31/h3-6,8-9,11-12,14-15,17,19H,7,10,13,16H2,1-2H3,(H,26,27,28). The molecule has 1 N–H and O–H groups in total. The Balaban J connectivity index is 1.68. The summed E-state index contributed by atoms with van der Waals surface area (Å²) in [6.07, 6.45) is 2.88. The average molecular weight is 412 g/mol. The second-order valence-corrected chi connectivity index (χ2v) is 8.05. The minimum atomic E-state index is 0.183. The molecule has 0 spiro atoms. The van der Waals surface area contributed by atoms with Crippen LogP contribution >= 0.6 is 0 Å². The number of aromatic nitrogens is 2. The van der Waals surface area contributed by atoms with Gasteiger partial charge in [-0.2, -0.15) is 0 Å². The van der Waals surface area contributed by atoms with E-state index >= 15 is 0 Å². The fraction of sp³-hybridized carbons (Fsp3) is 0.292. The van der Waals surface area contributed by atoms with Gasteiger partial charge in [0.05, 0.1) is 11.9 Å². The Morgan fingerprint density at radius 3 is 2.71 bits per heavy atom. The van der Waals surface area contributed by atoms with Gasteiger partial charge in [-0.05, 0) is 44.1 Å². The highest BCUT2D eigenvalue weighted by Crippen LogP contribution is 2.29. The second-order valence-electron chi connectivity index (χ2n) is 8.05. The van der Waals surface area contributed by atoms with Crippen LogP contribution in [0.15, 0.2) is 60.7 Å². The molecule has 3 aromatic rings. The van der Waals surface area contributed by atoms with Gasteiger partial charge in [0.2, 0.25) is 0 Å². The van der Waals surface area contributed by atoms with Gasteiger partial charge in [0.15, 0.2) is 0 Å². The molecule has 1 radical (unpaired) electrons. The van der Waals surface area contributed by atoms with Crippen LogP contribution in [0.1, 0.15) is 24.6 Å². The predicted molar refractivity (Wildman–Crippen MR) is 128 cm³/mol. The number of nitrogens with zero attached hydrogens (tertiary/aromatic N) is 4. The van der Waals surface area contributed by atoms with Crippen molar-refractivity contribution in [3.63, 3.8) is 0 Å². The Kier molecular flexibility index (Phi) is 6.62. The van der Waals surface area contributed by atoms with Gasteiger partial charge < -0.3 is 19.8 Å². The van der Waals surface area contributed by atoms with Crippen LogP contribution in [0.25, 0.3) is 11.3 Å². The van der Waals surface area contributed by atoms with Crippen molar-refractivity contribution >= 4 is 30.8 Å². The predicted octanol–water partition coefficient (Wildman–Crippen LogP) is 3.94. The molecule has 1 aromatic heterocycles. The maximum Gasteiger partial charge on any atom is 0.293 e. The molecule has 2 aromatic carbocycles. The molecule has 157 valence electrons. The summed E-state index contributed by atoms with van der Waals surface area (Å²) in [5.41, 5.74) is 4.06. The molecule has 7 heteroatoms. The van der Waals surface area contributed by atoms with Crippen LogP contribution in [-0.2, 0) is 4.79 Å². The summed E-state index contributed by atoms with van der Waals surface area (Å²) in [5, 5.41) is 3.47. The molecule has 0 amide bonds. The van der Waals surface area contributed by atoms with Crippen molar-refractivity contribution in [3.05, 3.63) is 66.5 Å². The van der Waals surface area contributed by atoms with Gasteiger partial charge in [-0.15, -0.1) is 0 Å². The lowest BCUT2D eigenvalue weighted by atomic mass is 9.86. The highest BCUT2D eigenvalue weighted by molar-refractivity contribution is 6.64. The molecule has 1 saturated heterocycles. The number of nitrogens with one attached hydrogen (secondary N) is 1. The molecule has 0 saturated carbocycles. The van der Waals surface area contributed by atoms with E-state index in [2.05, 4.69) is 39.3 Å². The third-order valence-electron chi connectivity index (χ3n) is 5.54. The summed E-state index contributed by atoms with van der Waals surface area (Å²) in [7, 11) is 5.68. The number of carbonyl (C=O) groups is 1. The molecule has 1 fully saturated rings. The number of hydrogen-bond donors (Lipinski definition) is 1. The first-order valence-electron chi connectivity index (χ1n) is 10.6.